The Hall–Kier alpha value is -0.770. The first-order valence-corrected chi connectivity index (χ1v) is 5.74. The van der Waals surface area contributed by atoms with Gasteiger partial charge in [-0.1, -0.05) is 15.9 Å². The molecule has 0 aliphatic heterocycles. The maximum absolute atomic E-state index is 5.32. The Morgan fingerprint density at radius 3 is 2.00 bits per heavy atom. The van der Waals surface area contributed by atoms with Crippen LogP contribution in [0.1, 0.15) is 19.4 Å². The van der Waals surface area contributed by atoms with E-state index in [1.54, 1.807) is 0 Å². The Labute approximate surface area is 92.6 Å². The highest BCUT2D eigenvalue weighted by atomic mass is 79.9. The molecule has 0 saturated heterocycles. The number of alkyl halides is 1. The van der Waals surface area contributed by atoms with Gasteiger partial charge in [0, 0.05) is 17.5 Å². The molecule has 0 radical (unpaired) electrons. The van der Waals surface area contributed by atoms with E-state index < -0.39 is 0 Å². The predicted molar refractivity (Wildman–Crippen MR) is 59.2 cm³/mol. The molecule has 4 heteroatoms. The van der Waals surface area contributed by atoms with Crippen molar-refractivity contribution in [3.05, 3.63) is 17.7 Å². The molecule has 0 aromatic carbocycles. The lowest BCUT2D eigenvalue weighted by atomic mass is 10.3. The molecule has 1 aromatic rings. The second kappa shape index (κ2) is 5.86. The first kappa shape index (κ1) is 11.3. The summed E-state index contributed by atoms with van der Waals surface area (Å²) in [5, 5.41) is 0.773. The lowest BCUT2D eigenvalue weighted by Gasteiger charge is -2.07. The fourth-order valence-electron chi connectivity index (χ4n) is 1.05. The summed E-state index contributed by atoms with van der Waals surface area (Å²) in [6.07, 6.45) is 0. The minimum absolute atomic E-state index is 0.615. The van der Waals surface area contributed by atoms with Gasteiger partial charge in [-0.05, 0) is 19.4 Å². The summed E-state index contributed by atoms with van der Waals surface area (Å²) in [6, 6.07) is 3.81. The Bertz CT molecular complexity index is 267. The minimum Gasteiger partial charge on any atom is -0.478 e. The molecule has 0 spiro atoms. The normalized spacial score (nSPS) is 9.93. The van der Waals surface area contributed by atoms with Gasteiger partial charge >= 0.3 is 0 Å². The molecule has 0 atom stereocenters. The number of ether oxygens (including phenoxy) is 2. The second-order valence-electron chi connectivity index (χ2n) is 2.65. The highest BCUT2D eigenvalue weighted by Gasteiger charge is 2.02. The average Bonchev–Trinajstić information content (AvgIpc) is 2.18. The van der Waals surface area contributed by atoms with Crippen molar-refractivity contribution in [3.8, 4) is 11.8 Å². The van der Waals surface area contributed by atoms with Gasteiger partial charge in [-0.15, -0.1) is 0 Å². The highest BCUT2D eigenvalue weighted by Crippen LogP contribution is 2.19. The van der Waals surface area contributed by atoms with E-state index in [0.29, 0.717) is 25.0 Å². The first-order chi connectivity index (χ1) is 6.80. The van der Waals surface area contributed by atoms with Gasteiger partial charge in [-0.2, -0.15) is 4.98 Å². The molecule has 14 heavy (non-hydrogen) atoms. The van der Waals surface area contributed by atoms with Crippen molar-refractivity contribution >= 4 is 15.9 Å². The van der Waals surface area contributed by atoms with Gasteiger partial charge < -0.3 is 9.47 Å². The zero-order chi connectivity index (χ0) is 10.4. The standard InChI is InChI=1S/C10H14BrNO2/c1-3-13-9-5-8(7-11)6-10(12-9)14-4-2/h5-6H,3-4,7H2,1-2H3. The van der Waals surface area contributed by atoms with E-state index in [9.17, 15) is 0 Å². The SMILES string of the molecule is CCOc1cc(CBr)cc(OCC)n1. The Kier molecular flexibility index (Phi) is 4.73. The second-order valence-corrected chi connectivity index (χ2v) is 3.21. The van der Waals surface area contributed by atoms with Crippen LogP contribution in [0.2, 0.25) is 0 Å². The number of pyridine rings is 1. The van der Waals surface area contributed by atoms with E-state index in [4.69, 9.17) is 9.47 Å². The van der Waals surface area contributed by atoms with Crippen molar-refractivity contribution in [2.24, 2.45) is 0 Å². The summed E-state index contributed by atoms with van der Waals surface area (Å²) in [5.74, 6) is 1.24. The molecule has 0 unspecified atom stereocenters. The molecule has 1 aromatic heterocycles. The Balaban J connectivity index is 2.88. The number of rotatable bonds is 5. The lowest BCUT2D eigenvalue weighted by Crippen LogP contribution is -1.99. The van der Waals surface area contributed by atoms with Crippen LogP contribution in [0.25, 0.3) is 0 Å². The third-order valence-electron chi connectivity index (χ3n) is 1.58. The predicted octanol–water partition coefficient (Wildman–Crippen LogP) is 2.77. The lowest BCUT2D eigenvalue weighted by molar-refractivity contribution is 0.298. The molecule has 1 heterocycles. The van der Waals surface area contributed by atoms with Crippen LogP contribution in [-0.4, -0.2) is 18.2 Å². The summed E-state index contributed by atoms with van der Waals surface area (Å²) < 4.78 is 10.6. The van der Waals surface area contributed by atoms with E-state index in [1.165, 1.54) is 0 Å². The number of hydrogen-bond acceptors (Lipinski definition) is 3. The topological polar surface area (TPSA) is 31.4 Å². The van der Waals surface area contributed by atoms with Crippen molar-refractivity contribution in [1.29, 1.82) is 0 Å². The van der Waals surface area contributed by atoms with Gasteiger partial charge in [0.25, 0.3) is 0 Å². The molecular weight excluding hydrogens is 246 g/mol. The number of halogens is 1. The van der Waals surface area contributed by atoms with Gasteiger partial charge in [0.1, 0.15) is 0 Å². The van der Waals surface area contributed by atoms with Crippen molar-refractivity contribution < 1.29 is 9.47 Å². The number of hydrogen-bond donors (Lipinski definition) is 0. The summed E-state index contributed by atoms with van der Waals surface area (Å²) in [6.45, 7) is 5.10. The van der Waals surface area contributed by atoms with E-state index in [-0.39, 0.29) is 0 Å². The van der Waals surface area contributed by atoms with Gasteiger partial charge in [-0.3, -0.25) is 0 Å². The van der Waals surface area contributed by atoms with Crippen molar-refractivity contribution in [2.45, 2.75) is 19.2 Å². The number of nitrogens with zero attached hydrogens (tertiary/aromatic N) is 1. The smallest absolute Gasteiger partial charge is 0.216 e. The molecule has 0 aliphatic rings. The monoisotopic (exact) mass is 259 g/mol. The molecular formula is C10H14BrNO2. The van der Waals surface area contributed by atoms with Crippen LogP contribution in [0.4, 0.5) is 0 Å². The summed E-state index contributed by atoms with van der Waals surface area (Å²) in [4.78, 5) is 4.20. The molecule has 3 nitrogen and oxygen atoms in total. The van der Waals surface area contributed by atoms with Gasteiger partial charge in [-0.25, -0.2) is 0 Å². The van der Waals surface area contributed by atoms with Crippen molar-refractivity contribution in [1.82, 2.24) is 4.98 Å². The van der Waals surface area contributed by atoms with Crippen LogP contribution in [0.15, 0.2) is 12.1 Å². The van der Waals surface area contributed by atoms with Crippen LogP contribution < -0.4 is 9.47 Å². The van der Waals surface area contributed by atoms with Crippen LogP contribution >= 0.6 is 15.9 Å². The Morgan fingerprint density at radius 2 is 1.64 bits per heavy atom. The molecule has 0 aliphatic carbocycles. The molecule has 1 rings (SSSR count). The summed E-state index contributed by atoms with van der Waals surface area (Å²) >= 11 is 3.39. The van der Waals surface area contributed by atoms with E-state index in [2.05, 4.69) is 20.9 Å². The molecule has 0 amide bonds. The zero-order valence-corrected chi connectivity index (χ0v) is 10.0. The molecule has 78 valence electrons. The summed E-state index contributed by atoms with van der Waals surface area (Å²) in [5.41, 5.74) is 1.10. The van der Waals surface area contributed by atoms with E-state index in [1.807, 2.05) is 26.0 Å². The van der Waals surface area contributed by atoms with Crippen molar-refractivity contribution in [2.75, 3.05) is 13.2 Å². The minimum atomic E-state index is 0.615. The molecule has 0 saturated carbocycles. The molecule has 0 fully saturated rings. The zero-order valence-electron chi connectivity index (χ0n) is 8.42. The van der Waals surface area contributed by atoms with Gasteiger partial charge in [0.05, 0.1) is 13.2 Å². The average molecular weight is 260 g/mol. The quantitative estimate of drug-likeness (QED) is 0.763. The maximum atomic E-state index is 5.32. The third kappa shape index (κ3) is 3.18. The fraction of sp³-hybridized carbons (Fsp3) is 0.500. The molecule has 0 bridgehead atoms. The van der Waals surface area contributed by atoms with Crippen molar-refractivity contribution in [3.63, 3.8) is 0 Å². The highest BCUT2D eigenvalue weighted by molar-refractivity contribution is 9.08. The molecule has 0 N–H and O–H groups in total. The summed E-state index contributed by atoms with van der Waals surface area (Å²) in [7, 11) is 0. The van der Waals surface area contributed by atoms with Crippen LogP contribution in [-0.2, 0) is 5.33 Å². The van der Waals surface area contributed by atoms with Gasteiger partial charge in [0.2, 0.25) is 11.8 Å². The number of aromatic nitrogens is 1. The van der Waals surface area contributed by atoms with E-state index >= 15 is 0 Å². The van der Waals surface area contributed by atoms with Crippen LogP contribution in [0.5, 0.6) is 11.8 Å². The van der Waals surface area contributed by atoms with Crippen LogP contribution in [0.3, 0.4) is 0 Å². The Morgan fingerprint density at radius 1 is 1.14 bits per heavy atom. The third-order valence-corrected chi connectivity index (χ3v) is 2.22. The van der Waals surface area contributed by atoms with Crippen LogP contribution in [0, 0.1) is 0 Å². The largest absolute Gasteiger partial charge is 0.478 e. The van der Waals surface area contributed by atoms with E-state index in [0.717, 1.165) is 10.9 Å². The van der Waals surface area contributed by atoms with Gasteiger partial charge in [0.15, 0.2) is 0 Å². The maximum Gasteiger partial charge on any atom is 0.216 e. The fourth-order valence-corrected chi connectivity index (χ4v) is 1.38. The first-order valence-electron chi connectivity index (χ1n) is 4.62.